The standard InChI is InChI=1S/C21H27N7O/c1-21(2,3)16-12-17(22)24-18(23-16)19-25-26-20(27(19)4)28-11-10-15(13-28)29-14-8-6-5-7-9-14/h5-9,12,15H,10-11,13H2,1-4H3,(H2,22,23,24)/t15-/m0/s1. The number of nitrogens with two attached hydrogens (primary N) is 1. The molecule has 1 atom stereocenters. The summed E-state index contributed by atoms with van der Waals surface area (Å²) in [6, 6.07) is 11.7. The summed E-state index contributed by atoms with van der Waals surface area (Å²) in [7, 11) is 1.93. The van der Waals surface area contributed by atoms with Crippen molar-refractivity contribution in [2.24, 2.45) is 7.05 Å². The van der Waals surface area contributed by atoms with Crippen LogP contribution in [0.3, 0.4) is 0 Å². The fourth-order valence-electron chi connectivity index (χ4n) is 3.44. The van der Waals surface area contributed by atoms with Crippen LogP contribution in [0.15, 0.2) is 36.4 Å². The largest absolute Gasteiger partial charge is 0.489 e. The highest BCUT2D eigenvalue weighted by Gasteiger charge is 2.29. The molecule has 2 N–H and O–H groups in total. The van der Waals surface area contributed by atoms with E-state index in [1.54, 1.807) is 0 Å². The Morgan fingerprint density at radius 3 is 2.59 bits per heavy atom. The molecule has 0 amide bonds. The van der Waals surface area contributed by atoms with Crippen molar-refractivity contribution >= 4 is 11.8 Å². The molecule has 1 aliphatic rings. The minimum Gasteiger partial charge on any atom is -0.489 e. The van der Waals surface area contributed by atoms with Crippen LogP contribution >= 0.6 is 0 Å². The van der Waals surface area contributed by atoms with Crippen LogP contribution in [0.25, 0.3) is 11.6 Å². The van der Waals surface area contributed by atoms with E-state index in [0.717, 1.165) is 36.9 Å². The first-order chi connectivity index (χ1) is 13.8. The smallest absolute Gasteiger partial charge is 0.227 e. The Kier molecular flexibility index (Phi) is 4.86. The second kappa shape index (κ2) is 7.35. The van der Waals surface area contributed by atoms with Crippen LogP contribution in [0, 0.1) is 0 Å². The molecule has 4 rings (SSSR count). The highest BCUT2D eigenvalue weighted by atomic mass is 16.5. The van der Waals surface area contributed by atoms with E-state index < -0.39 is 0 Å². The van der Waals surface area contributed by atoms with Crippen molar-refractivity contribution in [3.8, 4) is 17.4 Å². The lowest BCUT2D eigenvalue weighted by atomic mass is 9.92. The van der Waals surface area contributed by atoms with Gasteiger partial charge in [-0.25, -0.2) is 9.97 Å². The van der Waals surface area contributed by atoms with E-state index in [0.29, 0.717) is 17.5 Å². The van der Waals surface area contributed by atoms with Gasteiger partial charge in [0.1, 0.15) is 17.7 Å². The molecule has 0 spiro atoms. The third-order valence-corrected chi connectivity index (χ3v) is 5.04. The Morgan fingerprint density at radius 1 is 1.10 bits per heavy atom. The van der Waals surface area contributed by atoms with E-state index in [4.69, 9.17) is 10.5 Å². The van der Waals surface area contributed by atoms with Crippen molar-refractivity contribution in [3.63, 3.8) is 0 Å². The van der Waals surface area contributed by atoms with Crippen molar-refractivity contribution in [1.29, 1.82) is 0 Å². The third kappa shape index (κ3) is 4.01. The fourth-order valence-corrected chi connectivity index (χ4v) is 3.44. The lowest BCUT2D eigenvalue weighted by molar-refractivity contribution is 0.225. The molecule has 3 aromatic rings. The number of hydrogen-bond donors (Lipinski definition) is 1. The Labute approximate surface area is 170 Å². The van der Waals surface area contributed by atoms with Crippen molar-refractivity contribution in [3.05, 3.63) is 42.1 Å². The molecule has 1 fully saturated rings. The van der Waals surface area contributed by atoms with Gasteiger partial charge in [-0.3, -0.25) is 4.57 Å². The Balaban J connectivity index is 1.55. The minimum absolute atomic E-state index is 0.119. The van der Waals surface area contributed by atoms with E-state index in [-0.39, 0.29) is 11.5 Å². The van der Waals surface area contributed by atoms with Crippen LogP contribution in [0.4, 0.5) is 11.8 Å². The highest BCUT2D eigenvalue weighted by Crippen LogP contribution is 2.27. The van der Waals surface area contributed by atoms with Crippen molar-refractivity contribution < 1.29 is 4.74 Å². The Bertz CT molecular complexity index is 994. The molecule has 152 valence electrons. The monoisotopic (exact) mass is 393 g/mol. The summed E-state index contributed by atoms with van der Waals surface area (Å²) in [5.74, 6) is 3.20. The molecule has 8 heteroatoms. The normalized spacial score (nSPS) is 17.0. The average Bonchev–Trinajstić information content (AvgIpc) is 3.27. The second-order valence-electron chi connectivity index (χ2n) is 8.42. The SMILES string of the molecule is Cn1c(-c2nc(N)cc(C(C)(C)C)n2)nnc1N1CC[C@H](Oc2ccccc2)C1. The summed E-state index contributed by atoms with van der Waals surface area (Å²) >= 11 is 0. The molecule has 1 saturated heterocycles. The summed E-state index contributed by atoms with van der Waals surface area (Å²) < 4.78 is 8.01. The minimum atomic E-state index is -0.135. The Hall–Kier alpha value is -3.16. The molecule has 8 nitrogen and oxygen atoms in total. The zero-order valence-electron chi connectivity index (χ0n) is 17.3. The molecule has 0 radical (unpaired) electrons. The summed E-state index contributed by atoms with van der Waals surface area (Å²) in [6.45, 7) is 7.90. The maximum Gasteiger partial charge on any atom is 0.227 e. The van der Waals surface area contributed by atoms with Gasteiger partial charge >= 0.3 is 0 Å². The molecule has 0 aliphatic carbocycles. The van der Waals surface area contributed by atoms with Gasteiger partial charge in [-0.1, -0.05) is 39.0 Å². The third-order valence-electron chi connectivity index (χ3n) is 5.04. The van der Waals surface area contributed by atoms with E-state index >= 15 is 0 Å². The first-order valence-electron chi connectivity index (χ1n) is 9.83. The van der Waals surface area contributed by atoms with E-state index in [1.165, 1.54) is 0 Å². The van der Waals surface area contributed by atoms with Gasteiger partial charge < -0.3 is 15.4 Å². The highest BCUT2D eigenvalue weighted by molar-refractivity contribution is 5.52. The molecular weight excluding hydrogens is 366 g/mol. The summed E-state index contributed by atoms with van der Waals surface area (Å²) in [4.78, 5) is 11.3. The van der Waals surface area contributed by atoms with Crippen LogP contribution < -0.4 is 15.4 Å². The molecule has 1 aliphatic heterocycles. The summed E-state index contributed by atoms with van der Waals surface area (Å²) in [6.07, 6.45) is 1.05. The van der Waals surface area contributed by atoms with E-state index in [2.05, 4.69) is 45.8 Å². The summed E-state index contributed by atoms with van der Waals surface area (Å²) in [5, 5.41) is 8.75. The number of rotatable bonds is 4. The molecule has 0 unspecified atom stereocenters. The van der Waals surface area contributed by atoms with Crippen molar-refractivity contribution in [1.82, 2.24) is 24.7 Å². The van der Waals surface area contributed by atoms with Crippen LogP contribution in [-0.2, 0) is 12.5 Å². The number of nitrogen functional groups attached to an aromatic ring is 1. The molecule has 1 aromatic carbocycles. The van der Waals surface area contributed by atoms with Gasteiger partial charge in [-0.2, -0.15) is 0 Å². The molecule has 29 heavy (non-hydrogen) atoms. The maximum atomic E-state index is 6.09. The predicted molar refractivity (Wildman–Crippen MR) is 113 cm³/mol. The van der Waals surface area contributed by atoms with Crippen molar-refractivity contribution in [2.75, 3.05) is 23.7 Å². The first kappa shape index (κ1) is 19.2. The Morgan fingerprint density at radius 2 is 1.86 bits per heavy atom. The average molecular weight is 393 g/mol. The van der Waals surface area contributed by atoms with Crippen molar-refractivity contribution in [2.45, 2.75) is 38.7 Å². The van der Waals surface area contributed by atoms with Gasteiger partial charge in [0.15, 0.2) is 5.82 Å². The zero-order chi connectivity index (χ0) is 20.6. The van der Waals surface area contributed by atoms with Gasteiger partial charge in [0.25, 0.3) is 0 Å². The molecule has 3 heterocycles. The number of aromatic nitrogens is 5. The lowest BCUT2D eigenvalue weighted by Crippen LogP contribution is -2.26. The van der Waals surface area contributed by atoms with E-state index in [1.807, 2.05) is 48.0 Å². The fraction of sp³-hybridized carbons (Fsp3) is 0.429. The number of benzene rings is 1. The molecule has 2 aromatic heterocycles. The van der Waals surface area contributed by atoms with Gasteiger partial charge in [0.2, 0.25) is 11.8 Å². The molecule has 0 bridgehead atoms. The number of hydrogen-bond acceptors (Lipinski definition) is 7. The second-order valence-corrected chi connectivity index (χ2v) is 8.42. The molecule has 0 saturated carbocycles. The number of anilines is 2. The number of para-hydroxylation sites is 1. The van der Waals surface area contributed by atoms with Crippen LogP contribution in [0.1, 0.15) is 32.9 Å². The van der Waals surface area contributed by atoms with Crippen LogP contribution in [0.2, 0.25) is 0 Å². The van der Waals surface area contributed by atoms with Gasteiger partial charge in [-0.05, 0) is 12.1 Å². The van der Waals surface area contributed by atoms with Crippen LogP contribution in [-0.4, -0.2) is 43.9 Å². The molecular formula is C21H27N7O. The summed E-state index contributed by atoms with van der Waals surface area (Å²) in [5.41, 5.74) is 6.77. The topological polar surface area (TPSA) is 95.0 Å². The predicted octanol–water partition coefficient (Wildman–Crippen LogP) is 2.81. The van der Waals surface area contributed by atoms with Gasteiger partial charge in [0, 0.05) is 31.5 Å². The van der Waals surface area contributed by atoms with Gasteiger partial charge in [-0.15, -0.1) is 10.2 Å². The number of nitrogens with zero attached hydrogens (tertiary/aromatic N) is 6. The van der Waals surface area contributed by atoms with E-state index in [9.17, 15) is 0 Å². The van der Waals surface area contributed by atoms with Crippen LogP contribution in [0.5, 0.6) is 5.75 Å². The number of ether oxygens (including phenoxy) is 1. The van der Waals surface area contributed by atoms with Gasteiger partial charge in [0.05, 0.1) is 12.2 Å². The quantitative estimate of drug-likeness (QED) is 0.728. The lowest BCUT2D eigenvalue weighted by Gasteiger charge is -2.19. The first-order valence-corrected chi connectivity index (χ1v) is 9.83. The zero-order valence-corrected chi connectivity index (χ0v) is 17.3. The maximum absolute atomic E-state index is 6.09.